The van der Waals surface area contributed by atoms with Crippen LogP contribution in [0.25, 0.3) is 0 Å². The van der Waals surface area contributed by atoms with Gasteiger partial charge in [-0.3, -0.25) is 4.79 Å². The maximum atomic E-state index is 11.3. The first kappa shape index (κ1) is 6.46. The van der Waals surface area contributed by atoms with Gasteiger partial charge in [0.25, 0.3) is 0 Å². The number of Topliss-reactive ketones (excluding diaryl/α,β-unsaturated/α-hetero) is 1. The summed E-state index contributed by atoms with van der Waals surface area (Å²) in [7, 11) is 0. The van der Waals surface area contributed by atoms with E-state index in [1.54, 1.807) is 0 Å². The van der Waals surface area contributed by atoms with E-state index in [1.165, 1.54) is 0 Å². The number of dihydropyridines is 1. The third-order valence-corrected chi connectivity index (χ3v) is 1.98. The Hall–Kier alpha value is -1.25. The number of rotatable bonds is 0. The molecule has 11 heavy (non-hydrogen) atoms. The first-order chi connectivity index (χ1) is 5.38. The average molecular weight is 150 g/mol. The molecule has 0 aromatic carbocycles. The van der Waals surface area contributed by atoms with Crippen molar-refractivity contribution in [3.63, 3.8) is 0 Å². The molecule has 0 aromatic rings. The fraction of sp³-hybridized carbons (Fsp3) is 0.375. The van der Waals surface area contributed by atoms with Crippen molar-refractivity contribution in [2.45, 2.75) is 6.42 Å². The fourth-order valence-electron chi connectivity index (χ4n) is 1.38. The minimum Gasteiger partial charge on any atom is -0.387 e. The Morgan fingerprint density at radius 2 is 2.36 bits per heavy atom. The van der Waals surface area contributed by atoms with Crippen molar-refractivity contribution in [3.05, 3.63) is 23.5 Å². The highest BCUT2D eigenvalue weighted by Gasteiger charge is 2.19. The van der Waals surface area contributed by atoms with Crippen molar-refractivity contribution in [1.29, 1.82) is 0 Å². The van der Waals surface area contributed by atoms with Gasteiger partial charge in [-0.1, -0.05) is 0 Å². The van der Waals surface area contributed by atoms with Gasteiger partial charge >= 0.3 is 0 Å². The van der Waals surface area contributed by atoms with Gasteiger partial charge in [-0.25, -0.2) is 0 Å². The molecule has 0 bridgehead atoms. The quantitative estimate of drug-likeness (QED) is 0.507. The predicted molar refractivity (Wildman–Crippen MR) is 41.8 cm³/mol. The van der Waals surface area contributed by atoms with E-state index in [4.69, 9.17) is 0 Å². The van der Waals surface area contributed by atoms with Crippen LogP contribution in [0, 0.1) is 0 Å². The zero-order valence-electron chi connectivity index (χ0n) is 6.18. The van der Waals surface area contributed by atoms with E-state index in [0.717, 1.165) is 17.8 Å². The molecule has 0 spiro atoms. The molecule has 2 rings (SSSR count). The Morgan fingerprint density at radius 3 is 3.18 bits per heavy atom. The van der Waals surface area contributed by atoms with Gasteiger partial charge in [0, 0.05) is 30.8 Å². The lowest BCUT2D eigenvalue weighted by Crippen LogP contribution is -2.33. The monoisotopic (exact) mass is 150 g/mol. The molecule has 0 aliphatic carbocycles. The molecule has 0 unspecified atom stereocenters. The molecule has 3 heteroatoms. The number of allylic oxidation sites excluding steroid dienone is 1. The number of carbonyl (C=O) groups excluding carboxylic acids is 1. The van der Waals surface area contributed by atoms with Gasteiger partial charge in [0.2, 0.25) is 0 Å². The van der Waals surface area contributed by atoms with Gasteiger partial charge in [0.15, 0.2) is 5.78 Å². The number of nitrogens with one attached hydrogen (secondary N) is 2. The SMILES string of the molecule is O=C1CCNC2=C1CNC=C2. The van der Waals surface area contributed by atoms with Gasteiger partial charge in [-0.15, -0.1) is 0 Å². The summed E-state index contributed by atoms with van der Waals surface area (Å²) in [5.74, 6) is 0.274. The summed E-state index contributed by atoms with van der Waals surface area (Å²) in [4.78, 5) is 11.3. The Morgan fingerprint density at radius 1 is 1.45 bits per heavy atom. The van der Waals surface area contributed by atoms with Crippen LogP contribution in [-0.2, 0) is 4.79 Å². The molecule has 0 fully saturated rings. The molecule has 0 atom stereocenters. The molecule has 2 aliphatic rings. The summed E-state index contributed by atoms with van der Waals surface area (Å²) < 4.78 is 0. The maximum Gasteiger partial charge on any atom is 0.164 e. The van der Waals surface area contributed by atoms with Gasteiger partial charge in [0.05, 0.1) is 0 Å². The lowest BCUT2D eigenvalue weighted by atomic mass is 10.0. The van der Waals surface area contributed by atoms with Gasteiger partial charge in [-0.05, 0) is 12.3 Å². The summed E-state index contributed by atoms with van der Waals surface area (Å²) in [6.07, 6.45) is 4.41. The lowest BCUT2D eigenvalue weighted by Gasteiger charge is -2.21. The van der Waals surface area contributed by atoms with E-state index in [0.29, 0.717) is 13.0 Å². The van der Waals surface area contributed by atoms with Crippen molar-refractivity contribution >= 4 is 5.78 Å². The normalized spacial score (nSPS) is 22.4. The molecule has 0 amide bonds. The zero-order valence-corrected chi connectivity index (χ0v) is 6.18. The standard InChI is InChI=1S/C8H10N2O/c11-8-2-4-10-7-1-3-9-5-6(7)8/h1,3,9-10H,2,4-5H2. The molecular weight excluding hydrogens is 140 g/mol. The lowest BCUT2D eigenvalue weighted by molar-refractivity contribution is -0.115. The van der Waals surface area contributed by atoms with Crippen LogP contribution in [0.2, 0.25) is 0 Å². The second-order valence-electron chi connectivity index (χ2n) is 2.71. The van der Waals surface area contributed by atoms with E-state index in [-0.39, 0.29) is 5.78 Å². The number of hydrogen-bond donors (Lipinski definition) is 2. The first-order valence-electron chi connectivity index (χ1n) is 3.78. The van der Waals surface area contributed by atoms with Crippen LogP contribution in [0.3, 0.4) is 0 Å². The summed E-state index contributed by atoms with van der Waals surface area (Å²) in [6, 6.07) is 0. The van der Waals surface area contributed by atoms with Gasteiger partial charge < -0.3 is 10.6 Å². The molecule has 0 aromatic heterocycles. The summed E-state index contributed by atoms with van der Waals surface area (Å²) in [5, 5.41) is 6.20. The van der Waals surface area contributed by atoms with Gasteiger partial charge in [0.1, 0.15) is 0 Å². The van der Waals surface area contributed by atoms with Crippen LogP contribution >= 0.6 is 0 Å². The highest BCUT2D eigenvalue weighted by atomic mass is 16.1. The Labute approximate surface area is 65.2 Å². The van der Waals surface area contributed by atoms with Crippen molar-refractivity contribution in [1.82, 2.24) is 10.6 Å². The van der Waals surface area contributed by atoms with E-state index in [1.807, 2.05) is 12.3 Å². The van der Waals surface area contributed by atoms with Crippen LogP contribution in [0.1, 0.15) is 6.42 Å². The Kier molecular flexibility index (Phi) is 1.42. The molecule has 0 saturated carbocycles. The van der Waals surface area contributed by atoms with Crippen LogP contribution in [-0.4, -0.2) is 18.9 Å². The van der Waals surface area contributed by atoms with Crippen molar-refractivity contribution in [2.24, 2.45) is 0 Å². The van der Waals surface area contributed by atoms with E-state index >= 15 is 0 Å². The summed E-state index contributed by atoms with van der Waals surface area (Å²) >= 11 is 0. The first-order valence-corrected chi connectivity index (χ1v) is 3.78. The van der Waals surface area contributed by atoms with E-state index in [2.05, 4.69) is 10.6 Å². The van der Waals surface area contributed by atoms with E-state index in [9.17, 15) is 4.79 Å². The molecule has 3 nitrogen and oxygen atoms in total. The third kappa shape index (κ3) is 1.02. The van der Waals surface area contributed by atoms with Crippen molar-refractivity contribution in [3.8, 4) is 0 Å². The molecule has 2 heterocycles. The smallest absolute Gasteiger partial charge is 0.164 e. The van der Waals surface area contributed by atoms with Gasteiger partial charge in [-0.2, -0.15) is 0 Å². The fourth-order valence-corrected chi connectivity index (χ4v) is 1.38. The second-order valence-corrected chi connectivity index (χ2v) is 2.71. The van der Waals surface area contributed by atoms with Crippen LogP contribution in [0.15, 0.2) is 23.5 Å². The average Bonchev–Trinajstić information content (AvgIpc) is 2.06. The number of carbonyl (C=O) groups is 1. The van der Waals surface area contributed by atoms with E-state index < -0.39 is 0 Å². The number of ketones is 1. The molecule has 0 radical (unpaired) electrons. The highest BCUT2D eigenvalue weighted by Crippen LogP contribution is 2.13. The highest BCUT2D eigenvalue weighted by molar-refractivity contribution is 5.98. The maximum absolute atomic E-state index is 11.3. The Bertz CT molecular complexity index is 253. The molecule has 0 saturated heterocycles. The largest absolute Gasteiger partial charge is 0.387 e. The van der Waals surface area contributed by atoms with Crippen LogP contribution in [0.4, 0.5) is 0 Å². The zero-order chi connectivity index (χ0) is 7.68. The Balaban J connectivity index is 2.35. The minimum absolute atomic E-state index is 0.274. The topological polar surface area (TPSA) is 41.1 Å². The summed E-state index contributed by atoms with van der Waals surface area (Å²) in [6.45, 7) is 1.46. The summed E-state index contributed by atoms with van der Waals surface area (Å²) in [5.41, 5.74) is 1.90. The minimum atomic E-state index is 0.274. The van der Waals surface area contributed by atoms with Crippen molar-refractivity contribution in [2.75, 3.05) is 13.1 Å². The molecule has 2 N–H and O–H groups in total. The predicted octanol–water partition coefficient (Wildman–Crippen LogP) is -0.0802. The molecule has 58 valence electrons. The molecule has 2 aliphatic heterocycles. The van der Waals surface area contributed by atoms with Crippen molar-refractivity contribution < 1.29 is 4.79 Å². The number of hydrogen-bond acceptors (Lipinski definition) is 3. The molecular formula is C8H10N2O. The second kappa shape index (κ2) is 2.42. The third-order valence-electron chi connectivity index (χ3n) is 1.98. The van der Waals surface area contributed by atoms with Crippen LogP contribution in [0.5, 0.6) is 0 Å². The van der Waals surface area contributed by atoms with Crippen LogP contribution < -0.4 is 10.6 Å².